The zero-order valence-electron chi connectivity index (χ0n) is 20.6. The summed E-state index contributed by atoms with van der Waals surface area (Å²) in [6.45, 7) is 14.3. The smallest absolute Gasteiger partial charge is 0.128 e. The van der Waals surface area contributed by atoms with E-state index < -0.39 is 0 Å². The highest BCUT2D eigenvalue weighted by Crippen LogP contribution is 2.43. The van der Waals surface area contributed by atoms with Crippen LogP contribution in [0.5, 0.6) is 0 Å². The minimum absolute atomic E-state index is 0.617. The van der Waals surface area contributed by atoms with Crippen molar-refractivity contribution in [1.82, 2.24) is 14.8 Å². The molecule has 1 spiro atoms. The molecule has 1 aromatic rings. The fourth-order valence-corrected chi connectivity index (χ4v) is 6.81. The van der Waals surface area contributed by atoms with Crippen molar-refractivity contribution in [3.63, 3.8) is 0 Å². The fourth-order valence-electron chi connectivity index (χ4n) is 6.81. The van der Waals surface area contributed by atoms with Gasteiger partial charge in [0.05, 0.1) is 11.9 Å². The van der Waals surface area contributed by atoms with Crippen LogP contribution in [0.25, 0.3) is 0 Å². The van der Waals surface area contributed by atoms with Gasteiger partial charge in [-0.25, -0.2) is 4.98 Å². The number of aromatic nitrogens is 1. The Morgan fingerprint density at radius 1 is 0.844 bits per heavy atom. The number of anilines is 2. The van der Waals surface area contributed by atoms with Crippen molar-refractivity contribution < 1.29 is 0 Å². The first-order valence-corrected chi connectivity index (χ1v) is 13.6. The Bertz CT molecular complexity index is 700. The molecule has 0 N–H and O–H groups in total. The molecular formula is C27H45N5. The monoisotopic (exact) mass is 439 g/mol. The molecule has 1 aromatic heterocycles. The average molecular weight is 440 g/mol. The second-order valence-electron chi connectivity index (χ2n) is 10.9. The van der Waals surface area contributed by atoms with Gasteiger partial charge in [-0.2, -0.15) is 0 Å². The molecule has 5 nitrogen and oxygen atoms in total. The van der Waals surface area contributed by atoms with E-state index in [1.54, 1.807) is 0 Å². The first-order valence-electron chi connectivity index (χ1n) is 13.6. The highest BCUT2D eigenvalue weighted by Gasteiger charge is 2.39. The summed E-state index contributed by atoms with van der Waals surface area (Å²) in [5.74, 6) is 1.19. The van der Waals surface area contributed by atoms with Gasteiger partial charge in [0.1, 0.15) is 5.82 Å². The van der Waals surface area contributed by atoms with E-state index in [2.05, 4.69) is 51.8 Å². The third kappa shape index (κ3) is 4.65. The maximum atomic E-state index is 4.92. The van der Waals surface area contributed by atoms with E-state index in [9.17, 15) is 0 Å². The number of likely N-dealkylation sites (tertiary alicyclic amines) is 1. The fraction of sp³-hybridized carbons (Fsp3) is 0.815. The van der Waals surface area contributed by atoms with Gasteiger partial charge in [-0.1, -0.05) is 20.3 Å². The molecule has 3 saturated heterocycles. The van der Waals surface area contributed by atoms with Crippen LogP contribution in [0.15, 0.2) is 18.3 Å². The molecule has 0 unspecified atom stereocenters. The molecule has 0 radical (unpaired) electrons. The molecule has 0 bridgehead atoms. The van der Waals surface area contributed by atoms with Crippen LogP contribution in [-0.4, -0.2) is 79.2 Å². The molecule has 4 fully saturated rings. The third-order valence-electron chi connectivity index (χ3n) is 9.49. The first kappa shape index (κ1) is 22.5. The molecule has 4 heterocycles. The number of pyridine rings is 1. The Morgan fingerprint density at radius 3 is 2.03 bits per heavy atom. The van der Waals surface area contributed by atoms with Crippen LogP contribution in [-0.2, 0) is 0 Å². The van der Waals surface area contributed by atoms with Gasteiger partial charge >= 0.3 is 0 Å². The number of rotatable bonds is 6. The third-order valence-corrected chi connectivity index (χ3v) is 9.49. The highest BCUT2D eigenvalue weighted by atomic mass is 15.2. The molecule has 178 valence electrons. The van der Waals surface area contributed by atoms with Gasteiger partial charge in [-0.3, -0.25) is 0 Å². The summed E-state index contributed by atoms with van der Waals surface area (Å²) in [4.78, 5) is 15.4. The van der Waals surface area contributed by atoms with E-state index in [1.807, 2.05) is 0 Å². The van der Waals surface area contributed by atoms with Gasteiger partial charge < -0.3 is 19.6 Å². The standard InChI is InChI=1S/C27H45N5/c1-3-29(4-2)24-10-16-30(17-11-24)25-8-9-26(28-22-25)32-20-14-27(15-21-32)12-18-31(19-13-27)23-6-5-7-23/h8-9,22-24H,3-7,10-21H2,1-2H3. The van der Waals surface area contributed by atoms with Crippen molar-refractivity contribution >= 4 is 11.5 Å². The number of hydrogen-bond donors (Lipinski definition) is 0. The van der Waals surface area contributed by atoms with Crippen LogP contribution in [0.3, 0.4) is 0 Å². The Morgan fingerprint density at radius 2 is 1.50 bits per heavy atom. The van der Waals surface area contributed by atoms with Crippen molar-refractivity contribution in [2.24, 2.45) is 5.41 Å². The van der Waals surface area contributed by atoms with Gasteiger partial charge in [0.15, 0.2) is 0 Å². The van der Waals surface area contributed by atoms with Crippen molar-refractivity contribution in [2.45, 2.75) is 83.7 Å². The number of piperidine rings is 3. The van der Waals surface area contributed by atoms with E-state index >= 15 is 0 Å². The van der Waals surface area contributed by atoms with Crippen LogP contribution in [0.1, 0.15) is 71.6 Å². The summed E-state index contributed by atoms with van der Waals surface area (Å²) in [6.07, 6.45) is 14.6. The first-order chi connectivity index (χ1) is 15.7. The minimum atomic E-state index is 0.617. The lowest BCUT2D eigenvalue weighted by molar-refractivity contribution is 0.0305. The van der Waals surface area contributed by atoms with Crippen LogP contribution in [0, 0.1) is 5.41 Å². The highest BCUT2D eigenvalue weighted by molar-refractivity contribution is 5.51. The zero-order chi connectivity index (χ0) is 22.0. The Labute approximate surface area is 196 Å². The molecule has 5 rings (SSSR count). The van der Waals surface area contributed by atoms with Crippen molar-refractivity contribution in [3.05, 3.63) is 18.3 Å². The lowest BCUT2D eigenvalue weighted by atomic mass is 9.70. The second-order valence-corrected chi connectivity index (χ2v) is 10.9. The number of hydrogen-bond acceptors (Lipinski definition) is 5. The van der Waals surface area contributed by atoms with E-state index in [1.165, 1.54) is 109 Å². The molecule has 0 atom stereocenters. The topological polar surface area (TPSA) is 25.9 Å². The second kappa shape index (κ2) is 9.89. The maximum Gasteiger partial charge on any atom is 0.128 e. The quantitative estimate of drug-likeness (QED) is 0.644. The Hall–Kier alpha value is -1.33. The Balaban J connectivity index is 1.10. The molecule has 5 heteroatoms. The van der Waals surface area contributed by atoms with Gasteiger partial charge in [-0.05, 0) is 95.1 Å². The van der Waals surface area contributed by atoms with E-state index in [4.69, 9.17) is 4.98 Å². The van der Waals surface area contributed by atoms with E-state index in [0.29, 0.717) is 5.41 Å². The minimum Gasteiger partial charge on any atom is -0.370 e. The van der Waals surface area contributed by atoms with E-state index in [-0.39, 0.29) is 0 Å². The van der Waals surface area contributed by atoms with Crippen molar-refractivity contribution in [1.29, 1.82) is 0 Å². The number of nitrogens with zero attached hydrogens (tertiary/aromatic N) is 5. The molecule has 32 heavy (non-hydrogen) atoms. The van der Waals surface area contributed by atoms with Gasteiger partial charge in [-0.15, -0.1) is 0 Å². The van der Waals surface area contributed by atoms with Crippen LogP contribution in [0.2, 0.25) is 0 Å². The van der Waals surface area contributed by atoms with Crippen molar-refractivity contribution in [2.75, 3.05) is 62.2 Å². The van der Waals surface area contributed by atoms with Gasteiger partial charge in [0.25, 0.3) is 0 Å². The van der Waals surface area contributed by atoms with Gasteiger partial charge in [0, 0.05) is 38.3 Å². The lowest BCUT2D eigenvalue weighted by Gasteiger charge is -2.50. The SMILES string of the molecule is CCN(CC)C1CCN(c2ccc(N3CCC4(CC3)CCN(C3CCC3)CC4)nc2)CC1. The maximum absolute atomic E-state index is 4.92. The summed E-state index contributed by atoms with van der Waals surface area (Å²) >= 11 is 0. The zero-order valence-corrected chi connectivity index (χ0v) is 20.6. The van der Waals surface area contributed by atoms with Crippen molar-refractivity contribution in [3.8, 4) is 0 Å². The molecule has 1 aliphatic carbocycles. The van der Waals surface area contributed by atoms with Crippen LogP contribution in [0.4, 0.5) is 11.5 Å². The largest absolute Gasteiger partial charge is 0.370 e. The van der Waals surface area contributed by atoms with Gasteiger partial charge in [0.2, 0.25) is 0 Å². The van der Waals surface area contributed by atoms with Crippen LogP contribution < -0.4 is 9.80 Å². The molecule has 3 aliphatic heterocycles. The average Bonchev–Trinajstić information content (AvgIpc) is 2.82. The lowest BCUT2D eigenvalue weighted by Crippen LogP contribution is -2.51. The summed E-state index contributed by atoms with van der Waals surface area (Å²) in [5.41, 5.74) is 1.93. The molecule has 4 aliphatic rings. The van der Waals surface area contributed by atoms with Crippen LogP contribution >= 0.6 is 0 Å². The summed E-state index contributed by atoms with van der Waals surface area (Å²) < 4.78 is 0. The summed E-state index contributed by atoms with van der Waals surface area (Å²) in [5, 5.41) is 0. The molecule has 0 amide bonds. The predicted molar refractivity (Wildman–Crippen MR) is 135 cm³/mol. The molecular weight excluding hydrogens is 394 g/mol. The normalized spacial score (nSPS) is 25.5. The van der Waals surface area contributed by atoms with E-state index in [0.717, 1.165) is 25.2 Å². The summed E-state index contributed by atoms with van der Waals surface area (Å²) in [6, 6.07) is 6.29. The molecule has 1 saturated carbocycles. The predicted octanol–water partition coefficient (Wildman–Crippen LogP) is 4.63. The summed E-state index contributed by atoms with van der Waals surface area (Å²) in [7, 11) is 0. The Kier molecular flexibility index (Phi) is 6.94. The molecule has 0 aromatic carbocycles.